The molecule has 0 bridgehead atoms. The van der Waals surface area contributed by atoms with Gasteiger partial charge in [0.15, 0.2) is 0 Å². The highest BCUT2D eigenvalue weighted by Gasteiger charge is 2.22. The minimum absolute atomic E-state index is 0.916. The van der Waals surface area contributed by atoms with Crippen LogP contribution in [-0.4, -0.2) is 0 Å². The zero-order valence-electron chi connectivity index (χ0n) is 27.9. The highest BCUT2D eigenvalue weighted by Crippen LogP contribution is 2.49. The van der Waals surface area contributed by atoms with Crippen molar-refractivity contribution in [3.8, 4) is 55.6 Å². The Kier molecular flexibility index (Phi) is 6.89. The normalized spacial score (nSPS) is 11.5. The van der Waals surface area contributed by atoms with Crippen molar-refractivity contribution in [1.82, 2.24) is 0 Å². The molecule has 0 aliphatic heterocycles. The Morgan fingerprint density at radius 2 is 0.647 bits per heavy atom. The lowest BCUT2D eigenvalue weighted by atomic mass is 9.81. The van der Waals surface area contributed by atoms with Gasteiger partial charge in [0, 0.05) is 16.3 Å². The van der Waals surface area contributed by atoms with Gasteiger partial charge >= 0.3 is 0 Å². The van der Waals surface area contributed by atoms with Crippen LogP contribution in [0.5, 0.6) is 0 Å². The lowest BCUT2D eigenvalue weighted by molar-refractivity contribution is 0.670. The Morgan fingerprint density at radius 1 is 0.235 bits per heavy atom. The molecule has 0 amide bonds. The van der Waals surface area contributed by atoms with E-state index in [4.69, 9.17) is 4.42 Å². The van der Waals surface area contributed by atoms with Crippen molar-refractivity contribution in [2.24, 2.45) is 0 Å². The third-order valence-electron chi connectivity index (χ3n) is 10.3. The van der Waals surface area contributed by atoms with E-state index in [0.717, 1.165) is 33.1 Å². The molecule has 0 radical (unpaired) electrons. The van der Waals surface area contributed by atoms with E-state index < -0.39 is 0 Å². The van der Waals surface area contributed by atoms with Gasteiger partial charge in [-0.2, -0.15) is 0 Å². The maximum Gasteiger partial charge on any atom is 0.143 e. The number of hydrogen-bond donors (Lipinski definition) is 0. The van der Waals surface area contributed by atoms with Crippen molar-refractivity contribution in [3.63, 3.8) is 0 Å². The SMILES string of the molecule is c1ccc(-c2cccc(-c3ccccc3)c2-c2c3ccccc3c(-c3ccc(-c4cccc5c4oc4ccccc45)cc3)c3ccccc23)cc1. The number of para-hydroxylation sites is 2. The van der Waals surface area contributed by atoms with Crippen LogP contribution in [0.2, 0.25) is 0 Å². The molecule has 51 heavy (non-hydrogen) atoms. The fourth-order valence-corrected chi connectivity index (χ4v) is 8.04. The van der Waals surface area contributed by atoms with Crippen LogP contribution in [0.25, 0.3) is 99.1 Å². The van der Waals surface area contributed by atoms with Crippen molar-refractivity contribution in [3.05, 3.63) is 194 Å². The van der Waals surface area contributed by atoms with Crippen LogP contribution >= 0.6 is 0 Å². The molecular formula is C50H32O. The molecule has 10 aromatic rings. The Bertz CT molecular complexity index is 2760. The Morgan fingerprint density at radius 3 is 1.24 bits per heavy atom. The highest BCUT2D eigenvalue weighted by atomic mass is 16.3. The highest BCUT2D eigenvalue weighted by molar-refractivity contribution is 6.24. The van der Waals surface area contributed by atoms with Gasteiger partial charge in [0.25, 0.3) is 0 Å². The van der Waals surface area contributed by atoms with Crippen molar-refractivity contribution < 1.29 is 4.42 Å². The fraction of sp³-hybridized carbons (Fsp3) is 0. The Balaban J connectivity index is 1.22. The summed E-state index contributed by atoms with van der Waals surface area (Å²) in [5.74, 6) is 0. The number of fused-ring (bicyclic) bond motifs is 5. The van der Waals surface area contributed by atoms with E-state index in [0.29, 0.717) is 0 Å². The Labute approximate surface area is 296 Å². The number of benzene rings is 9. The molecular weight excluding hydrogens is 617 g/mol. The number of furan rings is 1. The van der Waals surface area contributed by atoms with Gasteiger partial charge in [0.05, 0.1) is 0 Å². The van der Waals surface area contributed by atoms with Crippen LogP contribution in [-0.2, 0) is 0 Å². The number of rotatable bonds is 5. The van der Waals surface area contributed by atoms with Crippen molar-refractivity contribution in [2.45, 2.75) is 0 Å². The van der Waals surface area contributed by atoms with Gasteiger partial charge in [0.2, 0.25) is 0 Å². The summed E-state index contributed by atoms with van der Waals surface area (Å²) in [4.78, 5) is 0. The summed E-state index contributed by atoms with van der Waals surface area (Å²) in [7, 11) is 0. The van der Waals surface area contributed by atoms with Crippen LogP contribution in [0.1, 0.15) is 0 Å². The maximum atomic E-state index is 6.41. The largest absolute Gasteiger partial charge is 0.455 e. The first-order valence-corrected chi connectivity index (χ1v) is 17.5. The molecule has 0 N–H and O–H groups in total. The summed E-state index contributed by atoms with van der Waals surface area (Å²) in [5.41, 5.74) is 13.9. The molecule has 238 valence electrons. The van der Waals surface area contributed by atoms with E-state index in [2.05, 4.69) is 182 Å². The molecule has 0 unspecified atom stereocenters. The summed E-state index contributed by atoms with van der Waals surface area (Å²) in [6.45, 7) is 0. The predicted molar refractivity (Wildman–Crippen MR) is 216 cm³/mol. The van der Waals surface area contributed by atoms with Gasteiger partial charge in [-0.3, -0.25) is 0 Å². The lowest BCUT2D eigenvalue weighted by Crippen LogP contribution is -1.95. The van der Waals surface area contributed by atoms with Gasteiger partial charge < -0.3 is 4.42 Å². The van der Waals surface area contributed by atoms with Crippen molar-refractivity contribution in [2.75, 3.05) is 0 Å². The second kappa shape index (κ2) is 12.0. The van der Waals surface area contributed by atoms with Gasteiger partial charge in [-0.1, -0.05) is 188 Å². The van der Waals surface area contributed by atoms with Crippen LogP contribution in [0.4, 0.5) is 0 Å². The quantitative estimate of drug-likeness (QED) is 0.169. The fourth-order valence-electron chi connectivity index (χ4n) is 8.04. The molecule has 1 nitrogen and oxygen atoms in total. The zero-order valence-corrected chi connectivity index (χ0v) is 27.9. The molecule has 0 fully saturated rings. The zero-order chi connectivity index (χ0) is 33.7. The number of hydrogen-bond acceptors (Lipinski definition) is 1. The van der Waals surface area contributed by atoms with Gasteiger partial charge in [0.1, 0.15) is 11.2 Å². The first kappa shape index (κ1) is 29.2. The van der Waals surface area contributed by atoms with Crippen LogP contribution in [0.3, 0.4) is 0 Å². The topological polar surface area (TPSA) is 13.1 Å². The standard InChI is InChI=1S/C50H32O/c1-3-15-33(16-4-1)37-24-13-25-38(34-17-5-2-6-18-34)48(37)49-43-22-9-7-20-41(43)47(42-21-8-10-23-44(42)49)36-31-29-35(30-32-36)39-26-14-27-45-40-19-11-12-28-46(40)51-50(39)45/h1-32H. The summed E-state index contributed by atoms with van der Waals surface area (Å²) >= 11 is 0. The van der Waals surface area contributed by atoms with E-state index in [-0.39, 0.29) is 0 Å². The summed E-state index contributed by atoms with van der Waals surface area (Å²) in [6, 6.07) is 70.0. The minimum atomic E-state index is 0.916. The molecule has 0 aliphatic rings. The van der Waals surface area contributed by atoms with Gasteiger partial charge in [-0.15, -0.1) is 0 Å². The maximum absolute atomic E-state index is 6.41. The molecule has 1 aromatic heterocycles. The molecule has 0 aliphatic carbocycles. The van der Waals surface area contributed by atoms with E-state index >= 15 is 0 Å². The van der Waals surface area contributed by atoms with Crippen LogP contribution in [0.15, 0.2) is 199 Å². The van der Waals surface area contributed by atoms with Gasteiger partial charge in [-0.25, -0.2) is 0 Å². The third kappa shape index (κ3) is 4.78. The lowest BCUT2D eigenvalue weighted by Gasteiger charge is -2.22. The summed E-state index contributed by atoms with van der Waals surface area (Å²) in [5, 5.41) is 7.24. The second-order valence-electron chi connectivity index (χ2n) is 13.2. The molecule has 9 aromatic carbocycles. The minimum Gasteiger partial charge on any atom is -0.455 e. The smallest absolute Gasteiger partial charge is 0.143 e. The summed E-state index contributed by atoms with van der Waals surface area (Å²) < 4.78 is 6.41. The molecule has 0 saturated carbocycles. The van der Waals surface area contributed by atoms with Crippen LogP contribution in [0, 0.1) is 0 Å². The second-order valence-corrected chi connectivity index (χ2v) is 13.2. The molecule has 0 spiro atoms. The van der Waals surface area contributed by atoms with Gasteiger partial charge in [-0.05, 0) is 77.7 Å². The molecule has 1 heteroatoms. The Hall–Kier alpha value is -6.70. The monoisotopic (exact) mass is 648 g/mol. The first-order valence-electron chi connectivity index (χ1n) is 17.5. The van der Waals surface area contributed by atoms with Crippen molar-refractivity contribution in [1.29, 1.82) is 0 Å². The van der Waals surface area contributed by atoms with Crippen LogP contribution < -0.4 is 0 Å². The molecule has 1 heterocycles. The van der Waals surface area contributed by atoms with E-state index in [1.165, 1.54) is 66.1 Å². The van der Waals surface area contributed by atoms with E-state index in [1.54, 1.807) is 0 Å². The average molecular weight is 649 g/mol. The molecule has 0 saturated heterocycles. The first-order chi connectivity index (χ1) is 25.3. The van der Waals surface area contributed by atoms with E-state index in [9.17, 15) is 0 Å². The molecule has 0 atom stereocenters. The third-order valence-corrected chi connectivity index (χ3v) is 10.3. The predicted octanol–water partition coefficient (Wildman–Crippen LogP) is 14.2. The average Bonchev–Trinajstić information content (AvgIpc) is 3.60. The molecule has 10 rings (SSSR count). The summed E-state index contributed by atoms with van der Waals surface area (Å²) in [6.07, 6.45) is 0. The van der Waals surface area contributed by atoms with E-state index in [1.807, 2.05) is 12.1 Å². The van der Waals surface area contributed by atoms with Crippen molar-refractivity contribution >= 4 is 43.5 Å².